The van der Waals surface area contributed by atoms with Crippen LogP contribution in [0.3, 0.4) is 0 Å². The quantitative estimate of drug-likeness (QED) is 0.454. The molecule has 0 fully saturated rings. The molecule has 3 aromatic rings. The second kappa shape index (κ2) is 8.90. The minimum atomic E-state index is 0.651. The first-order chi connectivity index (χ1) is 12.5. The third-order valence-corrected chi connectivity index (χ3v) is 6.17. The zero-order valence-electron chi connectivity index (χ0n) is 14.8. The Morgan fingerprint density at radius 3 is 2.50 bits per heavy atom. The fourth-order valence-corrected chi connectivity index (χ4v) is 4.94. The fourth-order valence-electron chi connectivity index (χ4n) is 2.95. The summed E-state index contributed by atoms with van der Waals surface area (Å²) in [4.78, 5) is 5.71. The highest BCUT2D eigenvalue weighted by Crippen LogP contribution is 2.35. The smallest absolute Gasteiger partial charge is 0.0517 e. The van der Waals surface area contributed by atoms with Crippen molar-refractivity contribution in [2.45, 2.75) is 17.9 Å². The summed E-state index contributed by atoms with van der Waals surface area (Å²) in [5.74, 6) is 1.74. The highest BCUT2D eigenvalue weighted by Gasteiger charge is 2.15. The second-order valence-electron chi connectivity index (χ2n) is 6.53. The first-order valence-corrected chi connectivity index (χ1v) is 10.7. The van der Waals surface area contributed by atoms with Crippen molar-refractivity contribution in [1.29, 1.82) is 0 Å². The third-order valence-electron chi connectivity index (χ3n) is 4.28. The maximum Gasteiger partial charge on any atom is 0.0517 e. The van der Waals surface area contributed by atoms with Gasteiger partial charge < -0.3 is 9.88 Å². The lowest BCUT2D eigenvalue weighted by molar-refractivity contribution is 0.412. The number of aromatic nitrogens is 1. The molecule has 3 rings (SSSR count). The van der Waals surface area contributed by atoms with Gasteiger partial charge in [0, 0.05) is 51.1 Å². The van der Waals surface area contributed by atoms with Crippen molar-refractivity contribution >= 4 is 57.5 Å². The van der Waals surface area contributed by atoms with Crippen molar-refractivity contribution in [3.63, 3.8) is 0 Å². The van der Waals surface area contributed by atoms with E-state index in [1.165, 1.54) is 11.3 Å². The summed E-state index contributed by atoms with van der Waals surface area (Å²) < 4.78 is 0. The van der Waals surface area contributed by atoms with E-state index in [-0.39, 0.29) is 0 Å². The summed E-state index contributed by atoms with van der Waals surface area (Å²) >= 11 is 20.8. The Morgan fingerprint density at radius 2 is 1.77 bits per heavy atom. The molecule has 1 N–H and O–H groups in total. The summed E-state index contributed by atoms with van der Waals surface area (Å²) in [5.41, 5.74) is 4.65. The van der Waals surface area contributed by atoms with Gasteiger partial charge in [0.1, 0.15) is 0 Å². The molecule has 0 amide bonds. The number of hydrogen-bond donors (Lipinski definition) is 1. The van der Waals surface area contributed by atoms with Crippen LogP contribution in [0.25, 0.3) is 10.9 Å². The number of thioether (sulfide) groups is 1. The van der Waals surface area contributed by atoms with Crippen LogP contribution in [-0.4, -0.2) is 30.5 Å². The molecular weight excluding hydrogens is 407 g/mol. The molecule has 0 aliphatic rings. The van der Waals surface area contributed by atoms with Crippen molar-refractivity contribution < 1.29 is 0 Å². The first-order valence-electron chi connectivity index (χ1n) is 8.40. The van der Waals surface area contributed by atoms with E-state index in [4.69, 9.17) is 34.8 Å². The Bertz CT molecular complexity index is 905. The van der Waals surface area contributed by atoms with E-state index in [1.54, 1.807) is 0 Å². The van der Waals surface area contributed by atoms with Crippen LogP contribution in [0.2, 0.25) is 15.1 Å². The van der Waals surface area contributed by atoms with Gasteiger partial charge in [0.15, 0.2) is 0 Å². The predicted octanol–water partition coefficient (Wildman–Crippen LogP) is 6.67. The Morgan fingerprint density at radius 1 is 1.00 bits per heavy atom. The minimum Gasteiger partial charge on any atom is -0.358 e. The monoisotopic (exact) mass is 426 g/mol. The van der Waals surface area contributed by atoms with Crippen LogP contribution >= 0.6 is 46.6 Å². The summed E-state index contributed by atoms with van der Waals surface area (Å²) in [5, 5.41) is 3.25. The zero-order chi connectivity index (χ0) is 18.7. The molecule has 1 heterocycles. The highest BCUT2D eigenvalue weighted by molar-refractivity contribution is 7.97. The molecule has 0 unspecified atom stereocenters. The lowest BCUT2D eigenvalue weighted by Gasteiger charge is -2.10. The molecule has 0 radical (unpaired) electrons. The van der Waals surface area contributed by atoms with Gasteiger partial charge in [-0.1, -0.05) is 53.0 Å². The maximum atomic E-state index is 6.52. The van der Waals surface area contributed by atoms with Crippen molar-refractivity contribution in [3.05, 3.63) is 68.3 Å². The van der Waals surface area contributed by atoms with Gasteiger partial charge in [-0.15, -0.1) is 0 Å². The van der Waals surface area contributed by atoms with Crippen LogP contribution in [0.4, 0.5) is 0 Å². The topological polar surface area (TPSA) is 19.0 Å². The number of hydrogen-bond acceptors (Lipinski definition) is 2. The van der Waals surface area contributed by atoms with E-state index < -0.39 is 0 Å². The molecule has 0 atom stereocenters. The van der Waals surface area contributed by atoms with Gasteiger partial charge in [0.25, 0.3) is 0 Å². The molecule has 0 saturated carbocycles. The lowest BCUT2D eigenvalue weighted by atomic mass is 10.1. The molecule has 138 valence electrons. The van der Waals surface area contributed by atoms with Crippen LogP contribution in [0.1, 0.15) is 16.8 Å². The molecule has 1 aromatic heterocycles. The number of halogens is 3. The average Bonchev–Trinajstić information content (AvgIpc) is 2.92. The van der Waals surface area contributed by atoms with Crippen molar-refractivity contribution in [1.82, 2.24) is 9.88 Å². The minimum absolute atomic E-state index is 0.651. The van der Waals surface area contributed by atoms with E-state index in [2.05, 4.69) is 30.0 Å². The Hall–Kier alpha value is -0.840. The number of aromatic amines is 1. The van der Waals surface area contributed by atoms with Gasteiger partial charge in [-0.05, 0) is 43.4 Å². The molecule has 2 aromatic carbocycles. The van der Waals surface area contributed by atoms with Crippen molar-refractivity contribution in [2.75, 3.05) is 20.6 Å². The number of rotatable bonds is 7. The zero-order valence-corrected chi connectivity index (χ0v) is 17.9. The van der Waals surface area contributed by atoms with Gasteiger partial charge in [0.05, 0.1) is 5.02 Å². The van der Waals surface area contributed by atoms with Gasteiger partial charge in [-0.2, -0.15) is 11.8 Å². The maximum absolute atomic E-state index is 6.52. The molecule has 0 spiro atoms. The van der Waals surface area contributed by atoms with Crippen molar-refractivity contribution in [3.8, 4) is 0 Å². The standard InChI is InChI=1S/C20H21Cl3N2S/c1-25(2)8-7-18-15(12-26-11-13-5-3-4-6-16(13)22)20-17(23)9-14(21)10-19(20)24-18/h3-6,9-10,24H,7-8,11-12H2,1-2H3. The number of H-pyrrole nitrogens is 1. The van der Waals surface area contributed by atoms with E-state index in [0.29, 0.717) is 10.0 Å². The van der Waals surface area contributed by atoms with Gasteiger partial charge in [-0.3, -0.25) is 0 Å². The summed E-state index contributed by atoms with van der Waals surface area (Å²) in [6.45, 7) is 0.973. The number of nitrogens with zero attached hydrogens (tertiary/aromatic N) is 1. The number of nitrogens with one attached hydrogen (secondary N) is 1. The number of fused-ring (bicyclic) bond motifs is 1. The van der Waals surface area contributed by atoms with E-state index in [9.17, 15) is 0 Å². The lowest BCUT2D eigenvalue weighted by Crippen LogP contribution is -2.15. The van der Waals surface area contributed by atoms with E-state index in [1.807, 2.05) is 42.1 Å². The Labute approximate surface area is 173 Å². The van der Waals surface area contributed by atoms with Crippen LogP contribution < -0.4 is 0 Å². The predicted molar refractivity (Wildman–Crippen MR) is 117 cm³/mol. The molecule has 0 aliphatic carbocycles. The third kappa shape index (κ3) is 4.71. The van der Waals surface area contributed by atoms with Gasteiger partial charge >= 0.3 is 0 Å². The second-order valence-corrected chi connectivity index (χ2v) is 8.77. The molecule has 2 nitrogen and oxygen atoms in total. The summed E-state index contributed by atoms with van der Waals surface area (Å²) in [6, 6.07) is 11.8. The number of benzene rings is 2. The average molecular weight is 428 g/mol. The van der Waals surface area contributed by atoms with E-state index >= 15 is 0 Å². The molecular formula is C20H21Cl3N2S. The van der Waals surface area contributed by atoms with Crippen LogP contribution in [0, 0.1) is 0 Å². The Balaban J connectivity index is 1.86. The van der Waals surface area contributed by atoms with Gasteiger partial charge in [-0.25, -0.2) is 0 Å². The normalized spacial score (nSPS) is 11.6. The molecule has 0 bridgehead atoms. The fraction of sp³-hybridized carbons (Fsp3) is 0.300. The summed E-state index contributed by atoms with van der Waals surface area (Å²) in [6.07, 6.45) is 0.942. The molecule has 0 saturated heterocycles. The SMILES string of the molecule is CN(C)CCc1[nH]c2cc(Cl)cc(Cl)c2c1CSCc1ccccc1Cl. The molecule has 26 heavy (non-hydrogen) atoms. The molecule has 6 heteroatoms. The molecule has 0 aliphatic heterocycles. The van der Waals surface area contributed by atoms with Gasteiger partial charge in [0.2, 0.25) is 0 Å². The summed E-state index contributed by atoms with van der Waals surface area (Å²) in [7, 11) is 4.16. The van der Waals surface area contributed by atoms with E-state index in [0.717, 1.165) is 46.0 Å². The van der Waals surface area contributed by atoms with Crippen molar-refractivity contribution in [2.24, 2.45) is 0 Å². The van der Waals surface area contributed by atoms with Crippen LogP contribution in [0.5, 0.6) is 0 Å². The van der Waals surface area contributed by atoms with Crippen LogP contribution in [0.15, 0.2) is 36.4 Å². The highest BCUT2D eigenvalue weighted by atomic mass is 35.5. The first kappa shape index (κ1) is 19.9. The number of likely N-dealkylation sites (N-methyl/N-ethyl adjacent to an activating group) is 1. The van der Waals surface area contributed by atoms with Crippen LogP contribution in [-0.2, 0) is 17.9 Å². The Kier molecular flexibility index (Phi) is 6.81. The largest absolute Gasteiger partial charge is 0.358 e.